The first-order valence-electron chi connectivity index (χ1n) is 13.6. The van der Waals surface area contributed by atoms with E-state index in [1.54, 1.807) is 11.3 Å². The first-order valence-corrected chi connectivity index (χ1v) is 14.5. The summed E-state index contributed by atoms with van der Waals surface area (Å²) in [5, 5.41) is 12.4. The topological polar surface area (TPSA) is 62.7 Å². The first-order chi connectivity index (χ1) is 18.8. The van der Waals surface area contributed by atoms with Crippen molar-refractivity contribution < 1.29 is 14.6 Å². The molecular weight excluding hydrogens is 504 g/mol. The Hall–Kier alpha value is -3.48. The number of carboxylic acid groups (broad SMARTS) is 1. The smallest absolute Gasteiger partial charge is 0.317 e. The zero-order valence-corrected chi connectivity index (χ0v) is 24.1. The van der Waals surface area contributed by atoms with Gasteiger partial charge in [-0.3, -0.25) is 9.69 Å². The highest BCUT2D eigenvalue weighted by Gasteiger charge is 2.15. The van der Waals surface area contributed by atoms with E-state index in [2.05, 4.69) is 70.2 Å². The van der Waals surface area contributed by atoms with Crippen molar-refractivity contribution in [2.24, 2.45) is 0 Å². The highest BCUT2D eigenvalue weighted by atomic mass is 32.1. The van der Waals surface area contributed by atoms with Crippen LogP contribution in [0.3, 0.4) is 0 Å². The lowest BCUT2D eigenvalue weighted by atomic mass is 9.93. The molecule has 0 saturated heterocycles. The average molecular weight is 543 g/mol. The van der Waals surface area contributed by atoms with Gasteiger partial charge < -0.3 is 9.84 Å². The number of nitrogens with zero attached hydrogens (tertiary/aromatic N) is 2. The van der Waals surface area contributed by atoms with Crippen molar-refractivity contribution in [3.8, 4) is 17.0 Å². The highest BCUT2D eigenvalue weighted by molar-refractivity contribution is 7.09. The van der Waals surface area contributed by atoms with Gasteiger partial charge in [0.05, 0.1) is 18.8 Å². The third-order valence-electron chi connectivity index (χ3n) is 6.95. The van der Waals surface area contributed by atoms with E-state index in [4.69, 9.17) is 9.72 Å². The van der Waals surface area contributed by atoms with Crippen molar-refractivity contribution >= 4 is 17.3 Å². The highest BCUT2D eigenvalue weighted by Crippen LogP contribution is 2.27. The molecule has 0 radical (unpaired) electrons. The quantitative estimate of drug-likeness (QED) is 0.185. The van der Waals surface area contributed by atoms with Crippen LogP contribution in [0.5, 0.6) is 5.75 Å². The number of aryl methyl sites for hydroxylation is 2. The second-order valence-corrected chi connectivity index (χ2v) is 11.2. The van der Waals surface area contributed by atoms with Crippen LogP contribution in [0, 0.1) is 13.8 Å². The van der Waals surface area contributed by atoms with Gasteiger partial charge in [-0.15, -0.1) is 11.3 Å². The van der Waals surface area contributed by atoms with Crippen molar-refractivity contribution in [2.75, 3.05) is 6.54 Å². The van der Waals surface area contributed by atoms with Crippen LogP contribution in [-0.2, 0) is 24.5 Å². The normalized spacial score (nSPS) is 11.3. The van der Waals surface area contributed by atoms with E-state index in [1.807, 2.05) is 34.5 Å². The van der Waals surface area contributed by atoms with Crippen molar-refractivity contribution in [1.82, 2.24) is 9.88 Å². The fourth-order valence-electron chi connectivity index (χ4n) is 5.02. The number of thiazole rings is 1. The second-order valence-electron chi connectivity index (χ2n) is 10.2. The number of aliphatic carboxylic acids is 1. The lowest BCUT2D eigenvalue weighted by molar-refractivity contribution is -0.138. The Balaban J connectivity index is 1.36. The van der Waals surface area contributed by atoms with Crippen LogP contribution in [0.1, 0.15) is 65.4 Å². The Morgan fingerprint density at radius 2 is 1.59 bits per heavy atom. The molecular formula is C33H38N2O3S. The van der Waals surface area contributed by atoms with Crippen LogP contribution in [0.25, 0.3) is 11.3 Å². The monoisotopic (exact) mass is 542 g/mol. The summed E-state index contributed by atoms with van der Waals surface area (Å²) in [6.45, 7) is 10.2. The van der Waals surface area contributed by atoms with Crippen LogP contribution < -0.4 is 4.74 Å². The molecule has 0 aliphatic carbocycles. The molecule has 0 bridgehead atoms. The molecule has 0 saturated carbocycles. The molecule has 0 aliphatic rings. The van der Waals surface area contributed by atoms with E-state index in [9.17, 15) is 9.90 Å². The van der Waals surface area contributed by atoms with Gasteiger partial charge in [-0.1, -0.05) is 67.4 Å². The Labute approximate surface area is 236 Å². The van der Waals surface area contributed by atoms with Crippen LogP contribution in [0.15, 0.2) is 72.1 Å². The number of rotatable bonds is 13. The number of hydrogen-bond acceptors (Lipinski definition) is 5. The van der Waals surface area contributed by atoms with Crippen molar-refractivity contribution in [1.29, 1.82) is 0 Å². The minimum Gasteiger partial charge on any atom is -0.489 e. The van der Waals surface area contributed by atoms with E-state index < -0.39 is 5.97 Å². The molecule has 1 aromatic heterocycles. The van der Waals surface area contributed by atoms with Gasteiger partial charge >= 0.3 is 5.97 Å². The molecule has 0 aliphatic heterocycles. The van der Waals surface area contributed by atoms with E-state index in [0.717, 1.165) is 46.0 Å². The summed E-state index contributed by atoms with van der Waals surface area (Å²) >= 11 is 1.56. The van der Waals surface area contributed by atoms with Gasteiger partial charge in [0, 0.05) is 17.5 Å². The summed E-state index contributed by atoms with van der Waals surface area (Å²) in [5.41, 5.74) is 7.93. The van der Waals surface area contributed by atoms with E-state index >= 15 is 0 Å². The number of ether oxygens (including phenoxy) is 1. The predicted octanol–water partition coefficient (Wildman–Crippen LogP) is 8.00. The van der Waals surface area contributed by atoms with Gasteiger partial charge in [0.15, 0.2) is 0 Å². The molecule has 0 fully saturated rings. The summed E-state index contributed by atoms with van der Waals surface area (Å²) in [6, 6.07) is 23.1. The summed E-state index contributed by atoms with van der Waals surface area (Å²) < 4.78 is 6.02. The maximum Gasteiger partial charge on any atom is 0.317 e. The molecule has 0 amide bonds. The molecule has 1 N–H and O–H groups in total. The maximum atomic E-state index is 11.5. The van der Waals surface area contributed by atoms with Crippen LogP contribution in [0.2, 0.25) is 0 Å². The minimum absolute atomic E-state index is 0.0333. The van der Waals surface area contributed by atoms with E-state index in [-0.39, 0.29) is 6.54 Å². The van der Waals surface area contributed by atoms with E-state index in [1.165, 1.54) is 16.7 Å². The fourth-order valence-corrected chi connectivity index (χ4v) is 5.86. The Bertz CT molecular complexity index is 1340. The second kappa shape index (κ2) is 13.5. The van der Waals surface area contributed by atoms with Crippen molar-refractivity contribution in [3.05, 3.63) is 105 Å². The Morgan fingerprint density at radius 3 is 2.21 bits per heavy atom. The standard InChI is InChI=1S/C33H38N2O3S/c1-5-27(6-2)28-9-7-25(8-10-28)21-38-30-13-11-29(12-14-30)31-22-39-32(34-31)19-35(20-33(36)37)18-26-16-23(3)15-24(4)17-26/h7-17,22,27H,5-6,18-21H2,1-4H3,(H,36,37). The van der Waals surface area contributed by atoms with Gasteiger partial charge in [0.1, 0.15) is 17.4 Å². The van der Waals surface area contributed by atoms with Gasteiger partial charge in [-0.25, -0.2) is 4.98 Å². The molecule has 4 rings (SSSR count). The predicted molar refractivity (Wildman–Crippen MR) is 159 cm³/mol. The summed E-state index contributed by atoms with van der Waals surface area (Å²) in [4.78, 5) is 18.3. The van der Waals surface area contributed by atoms with Crippen LogP contribution in [0.4, 0.5) is 0 Å². The number of carbonyl (C=O) groups is 1. The largest absolute Gasteiger partial charge is 0.489 e. The van der Waals surface area contributed by atoms with Crippen LogP contribution >= 0.6 is 11.3 Å². The van der Waals surface area contributed by atoms with Gasteiger partial charge in [0.2, 0.25) is 0 Å². The molecule has 1 heterocycles. The molecule has 39 heavy (non-hydrogen) atoms. The van der Waals surface area contributed by atoms with Gasteiger partial charge in [-0.05, 0) is 73.6 Å². The Kier molecular flexibility index (Phi) is 9.90. The minimum atomic E-state index is -0.839. The molecule has 5 nitrogen and oxygen atoms in total. The molecule has 6 heteroatoms. The number of carboxylic acids is 1. The zero-order chi connectivity index (χ0) is 27.8. The van der Waals surface area contributed by atoms with Crippen LogP contribution in [-0.4, -0.2) is 27.5 Å². The first kappa shape index (κ1) is 28.5. The lowest BCUT2D eigenvalue weighted by Crippen LogP contribution is -2.29. The molecule has 204 valence electrons. The molecule has 0 unspecified atom stereocenters. The molecule has 4 aromatic rings. The van der Waals surface area contributed by atoms with Crippen molar-refractivity contribution in [3.63, 3.8) is 0 Å². The van der Waals surface area contributed by atoms with E-state index in [0.29, 0.717) is 25.6 Å². The summed E-state index contributed by atoms with van der Waals surface area (Å²) in [5.74, 6) is 0.601. The molecule has 0 spiro atoms. The third-order valence-corrected chi connectivity index (χ3v) is 7.78. The third kappa shape index (κ3) is 8.25. The molecule has 3 aromatic carbocycles. The van der Waals surface area contributed by atoms with Crippen molar-refractivity contribution in [2.45, 2.75) is 66.2 Å². The Morgan fingerprint density at radius 1 is 0.923 bits per heavy atom. The van der Waals surface area contributed by atoms with Gasteiger partial charge in [0.25, 0.3) is 0 Å². The summed E-state index contributed by atoms with van der Waals surface area (Å²) in [6.07, 6.45) is 2.32. The van der Waals surface area contributed by atoms with Gasteiger partial charge in [-0.2, -0.15) is 0 Å². The summed E-state index contributed by atoms with van der Waals surface area (Å²) in [7, 11) is 0. The molecule has 0 atom stereocenters. The lowest BCUT2D eigenvalue weighted by Gasteiger charge is -2.19. The number of aromatic nitrogens is 1. The number of benzene rings is 3. The SMILES string of the molecule is CCC(CC)c1ccc(COc2ccc(-c3csc(CN(CC(=O)O)Cc4cc(C)cc(C)c4)n3)cc2)cc1. The zero-order valence-electron chi connectivity index (χ0n) is 23.3. The fraction of sp³-hybridized carbons (Fsp3) is 0.333. The maximum absolute atomic E-state index is 11.5. The average Bonchev–Trinajstić information content (AvgIpc) is 3.36. The number of hydrogen-bond donors (Lipinski definition) is 1.